The molecule has 1 atom stereocenters. The quantitative estimate of drug-likeness (QED) is 0.670. The molecule has 1 N–H and O–H groups in total. The van der Waals surface area contributed by atoms with Gasteiger partial charge in [-0.1, -0.05) is 18.2 Å². The SMILES string of the molecule is Fc1ccccc1C1CCNC1. The molecule has 0 aliphatic carbocycles. The molecule has 1 aromatic carbocycles. The van der Waals surface area contributed by atoms with Gasteiger partial charge in [-0.05, 0) is 24.6 Å². The zero-order valence-corrected chi connectivity index (χ0v) is 6.89. The molecule has 2 heteroatoms. The lowest BCUT2D eigenvalue weighted by Gasteiger charge is -2.08. The molecule has 64 valence electrons. The molecule has 0 saturated carbocycles. The number of benzene rings is 1. The van der Waals surface area contributed by atoms with E-state index in [-0.39, 0.29) is 5.82 Å². The highest BCUT2D eigenvalue weighted by Crippen LogP contribution is 2.24. The van der Waals surface area contributed by atoms with E-state index < -0.39 is 0 Å². The molecule has 0 spiro atoms. The van der Waals surface area contributed by atoms with E-state index in [9.17, 15) is 4.39 Å². The third-order valence-electron chi connectivity index (χ3n) is 2.41. The van der Waals surface area contributed by atoms with Gasteiger partial charge in [0.25, 0.3) is 0 Å². The Labute approximate surface area is 71.6 Å². The summed E-state index contributed by atoms with van der Waals surface area (Å²) in [4.78, 5) is 0. The minimum Gasteiger partial charge on any atom is -0.316 e. The Morgan fingerprint density at radius 1 is 1.33 bits per heavy atom. The lowest BCUT2D eigenvalue weighted by Crippen LogP contribution is -2.08. The largest absolute Gasteiger partial charge is 0.316 e. The van der Waals surface area contributed by atoms with E-state index in [4.69, 9.17) is 0 Å². The molecular weight excluding hydrogens is 153 g/mol. The summed E-state index contributed by atoms with van der Waals surface area (Å²) in [6, 6.07) is 7.05. The summed E-state index contributed by atoms with van der Waals surface area (Å²) in [5.74, 6) is 0.317. The maximum Gasteiger partial charge on any atom is 0.126 e. The number of hydrogen-bond acceptors (Lipinski definition) is 1. The van der Waals surface area contributed by atoms with Gasteiger partial charge in [0.15, 0.2) is 0 Å². The van der Waals surface area contributed by atoms with Gasteiger partial charge in [-0.2, -0.15) is 0 Å². The van der Waals surface area contributed by atoms with Crippen LogP contribution >= 0.6 is 0 Å². The lowest BCUT2D eigenvalue weighted by molar-refractivity contribution is 0.588. The van der Waals surface area contributed by atoms with Gasteiger partial charge in [0.1, 0.15) is 5.82 Å². The summed E-state index contributed by atoms with van der Waals surface area (Å²) in [7, 11) is 0. The van der Waals surface area contributed by atoms with Gasteiger partial charge in [0.05, 0.1) is 0 Å². The van der Waals surface area contributed by atoms with Gasteiger partial charge in [0.2, 0.25) is 0 Å². The molecule has 1 saturated heterocycles. The first kappa shape index (κ1) is 7.74. The van der Waals surface area contributed by atoms with Gasteiger partial charge < -0.3 is 5.32 Å². The first-order valence-electron chi connectivity index (χ1n) is 4.33. The van der Waals surface area contributed by atoms with Gasteiger partial charge in [-0.3, -0.25) is 0 Å². The zero-order valence-electron chi connectivity index (χ0n) is 6.89. The molecule has 1 unspecified atom stereocenters. The minimum absolute atomic E-state index is 0.0637. The van der Waals surface area contributed by atoms with E-state index in [1.165, 1.54) is 6.07 Å². The molecule has 0 radical (unpaired) electrons. The van der Waals surface area contributed by atoms with E-state index in [1.54, 1.807) is 6.07 Å². The number of halogens is 1. The van der Waals surface area contributed by atoms with Crippen LogP contribution in [-0.4, -0.2) is 13.1 Å². The van der Waals surface area contributed by atoms with E-state index in [0.29, 0.717) is 5.92 Å². The van der Waals surface area contributed by atoms with E-state index in [2.05, 4.69) is 5.32 Å². The van der Waals surface area contributed by atoms with E-state index in [0.717, 1.165) is 25.1 Å². The number of nitrogens with one attached hydrogen (secondary N) is 1. The number of hydrogen-bond donors (Lipinski definition) is 1. The van der Waals surface area contributed by atoms with Crippen molar-refractivity contribution in [2.45, 2.75) is 12.3 Å². The fourth-order valence-electron chi connectivity index (χ4n) is 1.73. The second kappa shape index (κ2) is 3.23. The molecule has 1 heterocycles. The molecule has 1 aromatic rings. The average Bonchev–Trinajstić information content (AvgIpc) is 2.57. The molecule has 0 aromatic heterocycles. The Balaban J connectivity index is 2.26. The van der Waals surface area contributed by atoms with E-state index >= 15 is 0 Å². The average molecular weight is 165 g/mol. The van der Waals surface area contributed by atoms with Crippen LogP contribution in [0.1, 0.15) is 17.9 Å². The highest BCUT2D eigenvalue weighted by Gasteiger charge is 2.18. The van der Waals surface area contributed by atoms with Crippen molar-refractivity contribution < 1.29 is 4.39 Å². The van der Waals surface area contributed by atoms with Crippen LogP contribution in [-0.2, 0) is 0 Å². The Morgan fingerprint density at radius 3 is 2.83 bits per heavy atom. The molecule has 12 heavy (non-hydrogen) atoms. The molecule has 1 nitrogen and oxygen atoms in total. The Kier molecular flexibility index (Phi) is 2.09. The van der Waals surface area contributed by atoms with E-state index in [1.807, 2.05) is 12.1 Å². The van der Waals surface area contributed by atoms with Crippen LogP contribution in [0.4, 0.5) is 4.39 Å². The van der Waals surface area contributed by atoms with Gasteiger partial charge in [-0.15, -0.1) is 0 Å². The molecule has 2 rings (SSSR count). The lowest BCUT2D eigenvalue weighted by atomic mass is 9.98. The van der Waals surface area contributed by atoms with Crippen molar-refractivity contribution >= 4 is 0 Å². The van der Waals surface area contributed by atoms with Crippen molar-refractivity contribution in [2.24, 2.45) is 0 Å². The second-order valence-electron chi connectivity index (χ2n) is 3.21. The predicted octanol–water partition coefficient (Wildman–Crippen LogP) is 1.90. The van der Waals surface area contributed by atoms with Crippen molar-refractivity contribution in [1.29, 1.82) is 0 Å². The van der Waals surface area contributed by atoms with Crippen LogP contribution in [0.2, 0.25) is 0 Å². The maximum atomic E-state index is 13.2. The van der Waals surface area contributed by atoms with Crippen molar-refractivity contribution in [1.82, 2.24) is 5.32 Å². The molecule has 0 bridgehead atoms. The van der Waals surface area contributed by atoms with Crippen molar-refractivity contribution in [3.63, 3.8) is 0 Å². The van der Waals surface area contributed by atoms with Crippen LogP contribution < -0.4 is 5.32 Å². The highest BCUT2D eigenvalue weighted by atomic mass is 19.1. The minimum atomic E-state index is -0.0637. The summed E-state index contributed by atoms with van der Waals surface area (Å²) in [6.07, 6.45) is 1.06. The van der Waals surface area contributed by atoms with Gasteiger partial charge >= 0.3 is 0 Å². The normalized spacial score (nSPS) is 22.9. The smallest absolute Gasteiger partial charge is 0.126 e. The zero-order chi connectivity index (χ0) is 8.39. The Morgan fingerprint density at radius 2 is 2.17 bits per heavy atom. The second-order valence-corrected chi connectivity index (χ2v) is 3.21. The van der Waals surface area contributed by atoms with Gasteiger partial charge in [-0.25, -0.2) is 4.39 Å². The monoisotopic (exact) mass is 165 g/mol. The molecule has 1 aliphatic heterocycles. The summed E-state index contributed by atoms with van der Waals surface area (Å²) < 4.78 is 13.2. The number of rotatable bonds is 1. The fourth-order valence-corrected chi connectivity index (χ4v) is 1.73. The Bertz CT molecular complexity index is 266. The first-order chi connectivity index (χ1) is 5.88. The van der Waals surface area contributed by atoms with Crippen LogP contribution in [0.25, 0.3) is 0 Å². The van der Waals surface area contributed by atoms with Crippen LogP contribution in [0.15, 0.2) is 24.3 Å². The van der Waals surface area contributed by atoms with Crippen molar-refractivity contribution in [3.8, 4) is 0 Å². The van der Waals surface area contributed by atoms with Crippen LogP contribution in [0.3, 0.4) is 0 Å². The predicted molar refractivity (Wildman–Crippen MR) is 46.6 cm³/mol. The summed E-state index contributed by atoms with van der Waals surface area (Å²) >= 11 is 0. The molecular formula is C10H12FN. The van der Waals surface area contributed by atoms with Crippen molar-refractivity contribution in [2.75, 3.05) is 13.1 Å². The van der Waals surface area contributed by atoms with Crippen LogP contribution in [0, 0.1) is 5.82 Å². The first-order valence-corrected chi connectivity index (χ1v) is 4.33. The maximum absolute atomic E-state index is 13.2. The molecule has 0 amide bonds. The van der Waals surface area contributed by atoms with Crippen LogP contribution in [0.5, 0.6) is 0 Å². The molecule has 1 fully saturated rings. The standard InChI is InChI=1S/C10H12FN/c11-10-4-2-1-3-9(10)8-5-6-12-7-8/h1-4,8,12H,5-7H2. The third-order valence-corrected chi connectivity index (χ3v) is 2.41. The fraction of sp³-hybridized carbons (Fsp3) is 0.400. The summed E-state index contributed by atoms with van der Waals surface area (Å²) in [5, 5.41) is 3.23. The Hall–Kier alpha value is -0.890. The summed E-state index contributed by atoms with van der Waals surface area (Å²) in [5.41, 5.74) is 0.863. The molecule has 1 aliphatic rings. The third kappa shape index (κ3) is 1.34. The van der Waals surface area contributed by atoms with Crippen molar-refractivity contribution in [3.05, 3.63) is 35.6 Å². The van der Waals surface area contributed by atoms with Gasteiger partial charge in [0, 0.05) is 12.5 Å². The topological polar surface area (TPSA) is 12.0 Å². The highest BCUT2D eigenvalue weighted by molar-refractivity contribution is 5.22. The summed E-state index contributed by atoms with van der Waals surface area (Å²) in [6.45, 7) is 1.93.